The Kier molecular flexibility index (Phi) is 4.08. The van der Waals surface area contributed by atoms with Crippen LogP contribution in [0.4, 0.5) is 0 Å². The van der Waals surface area contributed by atoms with Crippen LogP contribution in [-0.2, 0) is 4.79 Å². The number of aliphatic carboxylic acids is 1. The molecule has 3 nitrogen and oxygen atoms in total. The Morgan fingerprint density at radius 1 is 1.18 bits per heavy atom. The van der Waals surface area contributed by atoms with Crippen molar-refractivity contribution in [3.63, 3.8) is 0 Å². The molecular weight excluding hydrogens is 214 g/mol. The average molecular weight is 239 g/mol. The first-order chi connectivity index (χ1) is 8.14. The standard InChI is InChI=1S/C14H25NO2/c1-15(12-7-3-2-4-8-12)11-14(13(16)17)9-5-6-10-14/h12H,2-11H2,1H3,(H,16,17). The van der Waals surface area contributed by atoms with Crippen LogP contribution in [0.25, 0.3) is 0 Å². The van der Waals surface area contributed by atoms with E-state index in [2.05, 4.69) is 11.9 Å². The Labute approximate surface area is 104 Å². The maximum absolute atomic E-state index is 11.5. The van der Waals surface area contributed by atoms with Gasteiger partial charge in [-0.15, -0.1) is 0 Å². The highest BCUT2D eigenvalue weighted by Gasteiger charge is 2.42. The van der Waals surface area contributed by atoms with Gasteiger partial charge < -0.3 is 10.0 Å². The molecule has 0 spiro atoms. The van der Waals surface area contributed by atoms with E-state index in [9.17, 15) is 9.90 Å². The Balaban J connectivity index is 1.95. The van der Waals surface area contributed by atoms with Gasteiger partial charge in [-0.05, 0) is 32.7 Å². The predicted octanol–water partition coefficient (Wildman–Crippen LogP) is 2.90. The molecule has 2 aliphatic carbocycles. The van der Waals surface area contributed by atoms with Gasteiger partial charge in [0.25, 0.3) is 0 Å². The summed E-state index contributed by atoms with van der Waals surface area (Å²) in [6, 6.07) is 0.626. The molecule has 0 aromatic rings. The van der Waals surface area contributed by atoms with E-state index in [1.54, 1.807) is 0 Å². The Hall–Kier alpha value is -0.570. The first-order valence-electron chi connectivity index (χ1n) is 7.08. The second-order valence-corrected chi connectivity index (χ2v) is 6.00. The fourth-order valence-electron chi connectivity index (χ4n) is 3.62. The molecule has 0 amide bonds. The summed E-state index contributed by atoms with van der Waals surface area (Å²) in [6.07, 6.45) is 10.4. The third-order valence-electron chi connectivity index (χ3n) is 4.76. The number of rotatable bonds is 4. The van der Waals surface area contributed by atoms with Gasteiger partial charge in [0, 0.05) is 12.6 Å². The normalized spacial score (nSPS) is 25.3. The second kappa shape index (κ2) is 5.38. The average Bonchev–Trinajstić information content (AvgIpc) is 2.80. The lowest BCUT2D eigenvalue weighted by Gasteiger charge is -2.36. The van der Waals surface area contributed by atoms with Gasteiger partial charge in [-0.25, -0.2) is 0 Å². The zero-order valence-electron chi connectivity index (χ0n) is 11.0. The summed E-state index contributed by atoms with van der Waals surface area (Å²) in [7, 11) is 2.12. The van der Waals surface area contributed by atoms with Gasteiger partial charge in [0.2, 0.25) is 0 Å². The van der Waals surface area contributed by atoms with Crippen LogP contribution in [-0.4, -0.2) is 35.6 Å². The Morgan fingerprint density at radius 2 is 1.76 bits per heavy atom. The Morgan fingerprint density at radius 3 is 2.29 bits per heavy atom. The summed E-state index contributed by atoms with van der Waals surface area (Å²) in [5, 5.41) is 9.48. The van der Waals surface area contributed by atoms with E-state index in [1.165, 1.54) is 32.1 Å². The van der Waals surface area contributed by atoms with E-state index in [4.69, 9.17) is 0 Å². The molecule has 2 aliphatic rings. The van der Waals surface area contributed by atoms with Crippen LogP contribution in [0.15, 0.2) is 0 Å². The summed E-state index contributed by atoms with van der Waals surface area (Å²) < 4.78 is 0. The van der Waals surface area contributed by atoms with Crippen molar-refractivity contribution in [2.75, 3.05) is 13.6 Å². The summed E-state index contributed by atoms with van der Waals surface area (Å²) in [6.45, 7) is 0.757. The van der Waals surface area contributed by atoms with Gasteiger partial charge in [0.1, 0.15) is 0 Å². The number of carboxylic acids is 1. The van der Waals surface area contributed by atoms with E-state index in [0.717, 1.165) is 32.2 Å². The van der Waals surface area contributed by atoms with Gasteiger partial charge in [0.15, 0.2) is 0 Å². The monoisotopic (exact) mass is 239 g/mol. The van der Waals surface area contributed by atoms with E-state index >= 15 is 0 Å². The molecule has 1 N–H and O–H groups in total. The fraction of sp³-hybridized carbons (Fsp3) is 0.929. The molecule has 0 unspecified atom stereocenters. The smallest absolute Gasteiger partial charge is 0.310 e. The molecule has 2 rings (SSSR count). The number of hydrogen-bond donors (Lipinski definition) is 1. The minimum absolute atomic E-state index is 0.438. The molecule has 0 heterocycles. The molecular formula is C14H25NO2. The Bertz CT molecular complexity index is 265. The van der Waals surface area contributed by atoms with E-state index in [-0.39, 0.29) is 0 Å². The van der Waals surface area contributed by atoms with Crippen molar-refractivity contribution in [2.45, 2.75) is 63.8 Å². The highest BCUT2D eigenvalue weighted by atomic mass is 16.4. The minimum Gasteiger partial charge on any atom is -0.481 e. The molecule has 0 atom stereocenters. The third kappa shape index (κ3) is 2.82. The van der Waals surface area contributed by atoms with Crippen molar-refractivity contribution < 1.29 is 9.90 Å². The van der Waals surface area contributed by atoms with Crippen molar-refractivity contribution in [2.24, 2.45) is 5.41 Å². The van der Waals surface area contributed by atoms with Crippen LogP contribution < -0.4 is 0 Å². The predicted molar refractivity (Wildman–Crippen MR) is 68.0 cm³/mol. The van der Waals surface area contributed by atoms with Gasteiger partial charge in [-0.1, -0.05) is 32.1 Å². The second-order valence-electron chi connectivity index (χ2n) is 6.00. The molecule has 0 aliphatic heterocycles. The van der Waals surface area contributed by atoms with Gasteiger partial charge >= 0.3 is 5.97 Å². The first kappa shape index (κ1) is 12.9. The van der Waals surface area contributed by atoms with Crippen LogP contribution >= 0.6 is 0 Å². The molecule has 3 heteroatoms. The largest absolute Gasteiger partial charge is 0.481 e. The third-order valence-corrected chi connectivity index (χ3v) is 4.76. The maximum atomic E-state index is 11.5. The molecule has 0 aromatic heterocycles. The summed E-state index contributed by atoms with van der Waals surface area (Å²) in [5.41, 5.74) is -0.438. The van der Waals surface area contributed by atoms with Gasteiger partial charge in [-0.2, -0.15) is 0 Å². The van der Waals surface area contributed by atoms with Crippen molar-refractivity contribution in [1.82, 2.24) is 4.90 Å². The SMILES string of the molecule is CN(CC1(C(=O)O)CCCC1)C1CCCCC1. The highest BCUT2D eigenvalue weighted by Crippen LogP contribution is 2.39. The summed E-state index contributed by atoms with van der Waals surface area (Å²) >= 11 is 0. The number of carboxylic acid groups (broad SMARTS) is 1. The maximum Gasteiger partial charge on any atom is 0.310 e. The van der Waals surface area contributed by atoms with Crippen LogP contribution in [0.5, 0.6) is 0 Å². The molecule has 0 saturated heterocycles. The summed E-state index contributed by atoms with van der Waals surface area (Å²) in [5.74, 6) is -0.572. The topological polar surface area (TPSA) is 40.5 Å². The number of carbonyl (C=O) groups is 1. The molecule has 2 fully saturated rings. The van der Waals surface area contributed by atoms with Crippen LogP contribution in [0.1, 0.15) is 57.8 Å². The molecule has 0 aromatic carbocycles. The lowest BCUT2D eigenvalue weighted by atomic mass is 9.84. The summed E-state index contributed by atoms with van der Waals surface area (Å²) in [4.78, 5) is 13.8. The molecule has 17 heavy (non-hydrogen) atoms. The van der Waals surface area contributed by atoms with E-state index in [0.29, 0.717) is 6.04 Å². The lowest BCUT2D eigenvalue weighted by Crippen LogP contribution is -2.44. The number of hydrogen-bond acceptors (Lipinski definition) is 2. The van der Waals surface area contributed by atoms with Crippen LogP contribution in [0, 0.1) is 5.41 Å². The molecule has 0 radical (unpaired) electrons. The van der Waals surface area contributed by atoms with E-state index in [1.807, 2.05) is 0 Å². The lowest BCUT2D eigenvalue weighted by molar-refractivity contribution is -0.150. The van der Waals surface area contributed by atoms with Crippen molar-refractivity contribution in [1.29, 1.82) is 0 Å². The van der Waals surface area contributed by atoms with Crippen LogP contribution in [0.3, 0.4) is 0 Å². The van der Waals surface area contributed by atoms with E-state index < -0.39 is 11.4 Å². The van der Waals surface area contributed by atoms with Crippen molar-refractivity contribution >= 4 is 5.97 Å². The molecule has 2 saturated carbocycles. The zero-order chi connectivity index (χ0) is 12.3. The molecule has 98 valence electrons. The van der Waals surface area contributed by atoms with Crippen molar-refractivity contribution in [3.05, 3.63) is 0 Å². The van der Waals surface area contributed by atoms with Crippen LogP contribution in [0.2, 0.25) is 0 Å². The first-order valence-corrected chi connectivity index (χ1v) is 7.08. The fourth-order valence-corrected chi connectivity index (χ4v) is 3.62. The van der Waals surface area contributed by atoms with Gasteiger partial charge in [0.05, 0.1) is 5.41 Å². The van der Waals surface area contributed by atoms with Gasteiger partial charge in [-0.3, -0.25) is 4.79 Å². The highest BCUT2D eigenvalue weighted by molar-refractivity contribution is 5.75. The number of nitrogens with zero attached hydrogens (tertiary/aromatic N) is 1. The zero-order valence-corrected chi connectivity index (χ0v) is 11.0. The minimum atomic E-state index is -0.572. The molecule has 0 bridgehead atoms. The quantitative estimate of drug-likeness (QED) is 0.820. The van der Waals surface area contributed by atoms with Crippen molar-refractivity contribution in [3.8, 4) is 0 Å².